The number of halogens is 2. The van der Waals surface area contributed by atoms with E-state index in [0.717, 1.165) is 10.9 Å². The lowest BCUT2D eigenvalue weighted by molar-refractivity contribution is 0.101. The molecule has 2 aromatic heterocycles. The number of aromatic nitrogens is 4. The third-order valence-corrected chi connectivity index (χ3v) is 4.93. The maximum absolute atomic E-state index is 14.3. The second-order valence-electron chi connectivity index (χ2n) is 5.70. The van der Waals surface area contributed by atoms with Crippen LogP contribution in [0.25, 0.3) is 16.6 Å². The molecule has 2 heterocycles. The second-order valence-corrected chi connectivity index (χ2v) is 6.49. The zero-order valence-corrected chi connectivity index (χ0v) is 15.2. The molecular weight excluding hydrogens is 401 g/mol. The highest BCUT2D eigenvalue weighted by Crippen LogP contribution is 2.30. The second kappa shape index (κ2) is 6.38. The summed E-state index contributed by atoms with van der Waals surface area (Å²) >= 11 is 3.49. The van der Waals surface area contributed by atoms with Crippen LogP contribution in [0.3, 0.4) is 0 Å². The quantitative estimate of drug-likeness (QED) is 0.553. The van der Waals surface area contributed by atoms with Gasteiger partial charge in [-0.3, -0.25) is 4.79 Å². The molecule has 0 radical (unpaired) electrons. The summed E-state index contributed by atoms with van der Waals surface area (Å²) in [5.74, 6) is -0.840. The lowest BCUT2D eigenvalue weighted by atomic mass is 10.2. The van der Waals surface area contributed by atoms with Gasteiger partial charge in [0.15, 0.2) is 5.82 Å². The van der Waals surface area contributed by atoms with Gasteiger partial charge in [0, 0.05) is 23.6 Å². The summed E-state index contributed by atoms with van der Waals surface area (Å²) < 4.78 is 18.2. The largest absolute Gasteiger partial charge is 0.339 e. The van der Waals surface area contributed by atoms with Crippen molar-refractivity contribution in [3.63, 3.8) is 0 Å². The number of benzene rings is 2. The normalized spacial score (nSPS) is 11.0. The summed E-state index contributed by atoms with van der Waals surface area (Å²) in [5.41, 5.74) is 2.00. The number of fused-ring (bicyclic) bond motifs is 1. The van der Waals surface area contributed by atoms with E-state index in [4.69, 9.17) is 0 Å². The fourth-order valence-corrected chi connectivity index (χ4v) is 3.67. The van der Waals surface area contributed by atoms with Gasteiger partial charge in [-0.25, -0.2) is 14.1 Å². The predicted molar refractivity (Wildman–Crippen MR) is 99.9 cm³/mol. The highest BCUT2D eigenvalue weighted by Gasteiger charge is 2.19. The highest BCUT2D eigenvalue weighted by atomic mass is 79.9. The number of carbonyl (C=O) groups is 1. The average molecular weight is 414 g/mol. The smallest absolute Gasteiger partial charge is 0.273 e. The van der Waals surface area contributed by atoms with E-state index in [1.807, 2.05) is 31.3 Å². The van der Waals surface area contributed by atoms with Gasteiger partial charge in [0.25, 0.3) is 5.91 Å². The van der Waals surface area contributed by atoms with E-state index in [0.29, 0.717) is 15.9 Å². The summed E-state index contributed by atoms with van der Waals surface area (Å²) in [6, 6.07) is 12.1. The lowest BCUT2D eigenvalue weighted by Gasteiger charge is -2.09. The molecule has 130 valence electrons. The van der Waals surface area contributed by atoms with Gasteiger partial charge in [-0.15, -0.1) is 0 Å². The zero-order valence-electron chi connectivity index (χ0n) is 13.6. The minimum Gasteiger partial charge on any atom is -0.339 e. The van der Waals surface area contributed by atoms with Gasteiger partial charge in [0.05, 0.1) is 4.47 Å². The molecule has 0 saturated carbocycles. The Balaban J connectivity index is 1.66. The molecule has 0 spiro atoms. The van der Waals surface area contributed by atoms with Crippen molar-refractivity contribution in [3.05, 3.63) is 71.1 Å². The third-order valence-electron chi connectivity index (χ3n) is 4.13. The van der Waals surface area contributed by atoms with Crippen LogP contribution < -0.4 is 5.32 Å². The van der Waals surface area contributed by atoms with E-state index < -0.39 is 5.82 Å². The summed E-state index contributed by atoms with van der Waals surface area (Å²) in [4.78, 5) is 16.5. The number of para-hydroxylation sites is 1. The van der Waals surface area contributed by atoms with Gasteiger partial charge in [-0.05, 0) is 40.2 Å². The number of nitrogens with zero attached hydrogens (tertiary/aromatic N) is 4. The molecule has 4 rings (SSSR count). The number of amides is 1. The van der Waals surface area contributed by atoms with Gasteiger partial charge < -0.3 is 9.88 Å². The molecule has 0 unspecified atom stereocenters. The average Bonchev–Trinajstić information content (AvgIpc) is 3.23. The topological polar surface area (TPSA) is 64.7 Å². The Morgan fingerprint density at radius 1 is 1.23 bits per heavy atom. The van der Waals surface area contributed by atoms with E-state index in [1.165, 1.54) is 29.5 Å². The van der Waals surface area contributed by atoms with Crippen molar-refractivity contribution in [1.82, 2.24) is 19.3 Å². The Hall–Kier alpha value is -3.00. The van der Waals surface area contributed by atoms with Crippen LogP contribution in [0.2, 0.25) is 0 Å². The van der Waals surface area contributed by atoms with Crippen molar-refractivity contribution in [3.8, 4) is 5.69 Å². The number of anilines is 1. The lowest BCUT2D eigenvalue weighted by Crippen LogP contribution is -2.16. The van der Waals surface area contributed by atoms with E-state index in [9.17, 15) is 9.18 Å². The molecule has 0 fully saturated rings. The number of hydrogen-bond donors (Lipinski definition) is 1. The number of aryl methyl sites for hydroxylation is 1. The van der Waals surface area contributed by atoms with Crippen LogP contribution in [-0.2, 0) is 7.05 Å². The van der Waals surface area contributed by atoms with Gasteiger partial charge in [0.1, 0.15) is 24.0 Å². The Morgan fingerprint density at radius 2 is 2.04 bits per heavy atom. The van der Waals surface area contributed by atoms with Crippen LogP contribution in [-0.4, -0.2) is 25.2 Å². The Kier molecular flexibility index (Phi) is 4.04. The minimum absolute atomic E-state index is 0.256. The first-order valence-electron chi connectivity index (χ1n) is 7.75. The number of nitrogens with one attached hydrogen (secondary N) is 1. The summed E-state index contributed by atoms with van der Waals surface area (Å²) in [6.07, 6.45) is 2.73. The van der Waals surface area contributed by atoms with Gasteiger partial charge in [0.2, 0.25) is 0 Å². The molecule has 2 aromatic carbocycles. The van der Waals surface area contributed by atoms with Crippen LogP contribution in [0.15, 0.2) is 59.6 Å². The van der Waals surface area contributed by atoms with Crippen molar-refractivity contribution in [2.45, 2.75) is 0 Å². The van der Waals surface area contributed by atoms with Crippen molar-refractivity contribution < 1.29 is 9.18 Å². The van der Waals surface area contributed by atoms with Gasteiger partial charge in [-0.1, -0.05) is 18.2 Å². The Bertz CT molecular complexity index is 1080. The maximum Gasteiger partial charge on any atom is 0.273 e. The first kappa shape index (κ1) is 16.5. The Morgan fingerprint density at radius 3 is 2.73 bits per heavy atom. The molecule has 26 heavy (non-hydrogen) atoms. The van der Waals surface area contributed by atoms with Crippen molar-refractivity contribution >= 4 is 38.4 Å². The first-order chi connectivity index (χ1) is 12.6. The van der Waals surface area contributed by atoms with Crippen LogP contribution in [0, 0.1) is 5.82 Å². The predicted octanol–water partition coefficient (Wildman–Crippen LogP) is 3.91. The van der Waals surface area contributed by atoms with Crippen LogP contribution in [0.1, 0.15) is 10.5 Å². The molecular formula is C18H13BrFN5O. The summed E-state index contributed by atoms with van der Waals surface area (Å²) in [6.45, 7) is 0. The van der Waals surface area contributed by atoms with E-state index in [1.54, 1.807) is 10.6 Å². The molecule has 0 aliphatic carbocycles. The zero-order chi connectivity index (χ0) is 18.3. The molecule has 0 saturated heterocycles. The molecule has 0 atom stereocenters. The number of hydrogen-bond acceptors (Lipinski definition) is 3. The number of rotatable bonds is 3. The summed E-state index contributed by atoms with van der Waals surface area (Å²) in [5, 5.41) is 7.58. The molecule has 0 aliphatic heterocycles. The monoisotopic (exact) mass is 413 g/mol. The highest BCUT2D eigenvalue weighted by molar-refractivity contribution is 9.10. The van der Waals surface area contributed by atoms with Gasteiger partial charge >= 0.3 is 0 Å². The maximum atomic E-state index is 14.3. The minimum atomic E-state index is -0.510. The third kappa shape index (κ3) is 2.68. The van der Waals surface area contributed by atoms with Gasteiger partial charge in [-0.2, -0.15) is 5.10 Å². The van der Waals surface area contributed by atoms with Crippen LogP contribution >= 0.6 is 15.9 Å². The molecule has 0 bridgehead atoms. The van der Waals surface area contributed by atoms with Crippen LogP contribution in [0.5, 0.6) is 0 Å². The van der Waals surface area contributed by atoms with E-state index in [2.05, 4.69) is 31.3 Å². The standard InChI is InChI=1S/C18H13BrFN5O/c1-24-14-5-3-2-4-12(14)16(19)17(24)18(26)23-11-6-7-15(13(20)8-11)25-10-21-9-22-25/h2-10H,1H3,(H,23,26). The SMILES string of the molecule is Cn1c(C(=O)Nc2ccc(-n3cncn3)c(F)c2)c(Br)c2ccccc21. The molecule has 0 aliphatic rings. The summed E-state index contributed by atoms with van der Waals surface area (Å²) in [7, 11) is 1.82. The van der Waals surface area contributed by atoms with Crippen molar-refractivity contribution in [2.75, 3.05) is 5.32 Å². The first-order valence-corrected chi connectivity index (χ1v) is 8.54. The molecule has 8 heteroatoms. The fraction of sp³-hybridized carbons (Fsp3) is 0.0556. The van der Waals surface area contributed by atoms with E-state index in [-0.39, 0.29) is 11.6 Å². The number of carbonyl (C=O) groups excluding carboxylic acids is 1. The molecule has 1 N–H and O–H groups in total. The Labute approximate surface area is 156 Å². The fourth-order valence-electron chi connectivity index (χ4n) is 2.89. The van der Waals surface area contributed by atoms with E-state index >= 15 is 0 Å². The molecule has 4 aromatic rings. The molecule has 6 nitrogen and oxygen atoms in total. The molecule has 1 amide bonds. The van der Waals surface area contributed by atoms with Crippen molar-refractivity contribution in [1.29, 1.82) is 0 Å². The van der Waals surface area contributed by atoms with Crippen molar-refractivity contribution in [2.24, 2.45) is 7.05 Å². The van der Waals surface area contributed by atoms with Crippen LogP contribution in [0.4, 0.5) is 10.1 Å².